The fourth-order valence-corrected chi connectivity index (χ4v) is 3.89. The topological polar surface area (TPSA) is 40.6 Å². The van der Waals surface area contributed by atoms with Crippen LogP contribution >= 0.6 is 0 Å². The number of rotatable bonds is 4. The zero-order valence-corrected chi connectivity index (χ0v) is 15.5. The van der Waals surface area contributed by atoms with Crippen molar-refractivity contribution in [3.8, 4) is 0 Å². The SMILES string of the molecule is O=C(Cc1ccc(F)cc1)N1CCN(C(=O)C2CC2c2ccccc2F)CC1. The fourth-order valence-electron chi connectivity index (χ4n) is 3.89. The lowest BCUT2D eigenvalue weighted by Gasteiger charge is -2.35. The largest absolute Gasteiger partial charge is 0.339 e. The average Bonchev–Trinajstić information content (AvgIpc) is 3.50. The molecule has 0 spiro atoms. The molecule has 0 N–H and O–H groups in total. The van der Waals surface area contributed by atoms with E-state index in [4.69, 9.17) is 0 Å². The standard InChI is InChI=1S/C22H22F2N2O2/c23-16-7-5-15(6-8-16)13-21(27)25-9-11-26(12-10-25)22(28)19-14-18(19)17-3-1-2-4-20(17)24/h1-8,18-19H,9-14H2. The first-order chi connectivity index (χ1) is 13.5. The van der Waals surface area contributed by atoms with Crippen LogP contribution < -0.4 is 0 Å². The van der Waals surface area contributed by atoms with Crippen molar-refractivity contribution in [3.05, 3.63) is 71.3 Å². The van der Waals surface area contributed by atoms with Gasteiger partial charge in [-0.25, -0.2) is 8.78 Å². The van der Waals surface area contributed by atoms with E-state index in [9.17, 15) is 18.4 Å². The maximum Gasteiger partial charge on any atom is 0.227 e. The Morgan fingerprint density at radius 2 is 1.54 bits per heavy atom. The highest BCUT2D eigenvalue weighted by molar-refractivity contribution is 5.84. The number of carbonyl (C=O) groups is 2. The minimum absolute atomic E-state index is 0.0191. The Labute approximate surface area is 162 Å². The van der Waals surface area contributed by atoms with E-state index in [2.05, 4.69) is 0 Å². The van der Waals surface area contributed by atoms with Crippen LogP contribution in [0.5, 0.6) is 0 Å². The summed E-state index contributed by atoms with van der Waals surface area (Å²) in [6.45, 7) is 1.97. The third-order valence-corrected chi connectivity index (χ3v) is 5.62. The molecule has 1 saturated carbocycles. The van der Waals surface area contributed by atoms with Crippen molar-refractivity contribution in [3.63, 3.8) is 0 Å². The summed E-state index contributed by atoms with van der Waals surface area (Å²) in [5.74, 6) is -0.727. The van der Waals surface area contributed by atoms with Crippen molar-refractivity contribution < 1.29 is 18.4 Å². The molecule has 2 aromatic carbocycles. The van der Waals surface area contributed by atoms with Gasteiger partial charge in [0.2, 0.25) is 11.8 Å². The predicted octanol–water partition coefficient (Wildman–Crippen LogP) is 2.98. The van der Waals surface area contributed by atoms with Crippen molar-refractivity contribution in [1.82, 2.24) is 9.80 Å². The molecule has 0 radical (unpaired) electrons. The van der Waals surface area contributed by atoms with Crippen LogP contribution in [0, 0.1) is 17.6 Å². The molecule has 146 valence electrons. The van der Waals surface area contributed by atoms with Gasteiger partial charge in [-0.1, -0.05) is 30.3 Å². The van der Waals surface area contributed by atoms with Gasteiger partial charge < -0.3 is 9.80 Å². The predicted molar refractivity (Wildman–Crippen MR) is 101 cm³/mol. The zero-order chi connectivity index (χ0) is 19.7. The lowest BCUT2D eigenvalue weighted by atomic mass is 10.1. The summed E-state index contributed by atoms with van der Waals surface area (Å²) in [5, 5.41) is 0. The van der Waals surface area contributed by atoms with E-state index in [1.54, 1.807) is 40.1 Å². The third-order valence-electron chi connectivity index (χ3n) is 5.62. The second-order valence-electron chi connectivity index (χ2n) is 7.48. The smallest absolute Gasteiger partial charge is 0.227 e. The van der Waals surface area contributed by atoms with E-state index in [1.807, 2.05) is 0 Å². The quantitative estimate of drug-likeness (QED) is 0.813. The maximum absolute atomic E-state index is 13.9. The number of nitrogens with zero attached hydrogens (tertiary/aromatic N) is 2. The fraction of sp³-hybridized carbons (Fsp3) is 0.364. The molecule has 2 amide bonds. The molecule has 2 aliphatic rings. The molecular formula is C22H22F2N2O2. The van der Waals surface area contributed by atoms with Gasteiger partial charge in [0.1, 0.15) is 11.6 Å². The normalized spacial score (nSPS) is 21.5. The molecule has 2 unspecified atom stereocenters. The second-order valence-corrected chi connectivity index (χ2v) is 7.48. The third kappa shape index (κ3) is 3.91. The van der Waals surface area contributed by atoms with E-state index in [-0.39, 0.29) is 41.7 Å². The van der Waals surface area contributed by atoms with Gasteiger partial charge in [-0.2, -0.15) is 0 Å². The highest BCUT2D eigenvalue weighted by Crippen LogP contribution is 2.49. The Balaban J connectivity index is 1.28. The van der Waals surface area contributed by atoms with Gasteiger partial charge in [0.25, 0.3) is 0 Å². The Bertz CT molecular complexity index is 876. The number of halogens is 2. The van der Waals surface area contributed by atoms with Gasteiger partial charge in [0, 0.05) is 32.1 Å². The number of amides is 2. The molecule has 2 fully saturated rings. The summed E-state index contributed by atoms with van der Waals surface area (Å²) in [6.07, 6.45) is 0.912. The molecule has 28 heavy (non-hydrogen) atoms. The molecule has 4 nitrogen and oxygen atoms in total. The van der Waals surface area contributed by atoms with E-state index < -0.39 is 0 Å². The molecule has 2 aromatic rings. The zero-order valence-electron chi connectivity index (χ0n) is 15.5. The van der Waals surface area contributed by atoms with Gasteiger partial charge >= 0.3 is 0 Å². The Hall–Kier alpha value is -2.76. The van der Waals surface area contributed by atoms with Gasteiger partial charge in [-0.15, -0.1) is 0 Å². The number of benzene rings is 2. The molecule has 0 aromatic heterocycles. The Morgan fingerprint density at radius 1 is 0.893 bits per heavy atom. The lowest BCUT2D eigenvalue weighted by Crippen LogP contribution is -2.51. The van der Waals surface area contributed by atoms with Gasteiger partial charge in [0.05, 0.1) is 6.42 Å². The molecular weight excluding hydrogens is 362 g/mol. The van der Waals surface area contributed by atoms with Crippen molar-refractivity contribution >= 4 is 11.8 Å². The van der Waals surface area contributed by atoms with Crippen LogP contribution in [0.15, 0.2) is 48.5 Å². The van der Waals surface area contributed by atoms with Crippen molar-refractivity contribution in [2.75, 3.05) is 26.2 Å². The Morgan fingerprint density at radius 3 is 2.21 bits per heavy atom. The minimum Gasteiger partial charge on any atom is -0.339 e. The van der Waals surface area contributed by atoms with Gasteiger partial charge in [-0.05, 0) is 41.7 Å². The van der Waals surface area contributed by atoms with E-state index in [0.29, 0.717) is 38.2 Å². The van der Waals surface area contributed by atoms with Crippen LogP contribution in [0.25, 0.3) is 0 Å². The maximum atomic E-state index is 13.9. The Kier molecular flexibility index (Phi) is 5.11. The number of carbonyl (C=O) groups excluding carboxylic acids is 2. The van der Waals surface area contributed by atoms with E-state index in [1.165, 1.54) is 18.2 Å². The van der Waals surface area contributed by atoms with Crippen LogP contribution in [0.2, 0.25) is 0 Å². The van der Waals surface area contributed by atoms with E-state index >= 15 is 0 Å². The minimum atomic E-state index is -0.322. The highest BCUT2D eigenvalue weighted by atomic mass is 19.1. The van der Waals surface area contributed by atoms with Crippen molar-refractivity contribution in [1.29, 1.82) is 0 Å². The molecule has 1 saturated heterocycles. The van der Waals surface area contributed by atoms with Crippen LogP contribution in [-0.2, 0) is 16.0 Å². The molecule has 6 heteroatoms. The highest BCUT2D eigenvalue weighted by Gasteiger charge is 2.47. The van der Waals surface area contributed by atoms with E-state index in [0.717, 1.165) is 5.56 Å². The number of hydrogen-bond acceptors (Lipinski definition) is 2. The van der Waals surface area contributed by atoms with Crippen LogP contribution in [0.3, 0.4) is 0 Å². The average molecular weight is 384 g/mol. The first-order valence-corrected chi connectivity index (χ1v) is 9.58. The van der Waals surface area contributed by atoms with Crippen LogP contribution in [-0.4, -0.2) is 47.8 Å². The monoisotopic (exact) mass is 384 g/mol. The molecule has 1 aliphatic carbocycles. The first kappa shape index (κ1) is 18.6. The number of hydrogen-bond donors (Lipinski definition) is 0. The van der Waals surface area contributed by atoms with Crippen molar-refractivity contribution in [2.45, 2.75) is 18.8 Å². The summed E-state index contributed by atoms with van der Waals surface area (Å²) in [4.78, 5) is 28.7. The summed E-state index contributed by atoms with van der Waals surface area (Å²) >= 11 is 0. The molecule has 2 atom stereocenters. The van der Waals surface area contributed by atoms with Crippen LogP contribution in [0.4, 0.5) is 8.78 Å². The second kappa shape index (κ2) is 7.70. The van der Waals surface area contributed by atoms with Crippen LogP contribution in [0.1, 0.15) is 23.5 Å². The van der Waals surface area contributed by atoms with Gasteiger partial charge in [-0.3, -0.25) is 9.59 Å². The molecule has 0 bridgehead atoms. The lowest BCUT2D eigenvalue weighted by molar-refractivity contribution is -0.140. The summed E-state index contributed by atoms with van der Waals surface area (Å²) in [6, 6.07) is 12.6. The molecule has 4 rings (SSSR count). The summed E-state index contributed by atoms with van der Waals surface area (Å²) < 4.78 is 26.9. The summed E-state index contributed by atoms with van der Waals surface area (Å²) in [5.41, 5.74) is 1.39. The molecule has 1 heterocycles. The first-order valence-electron chi connectivity index (χ1n) is 9.58. The summed E-state index contributed by atoms with van der Waals surface area (Å²) in [7, 11) is 0. The van der Waals surface area contributed by atoms with Gasteiger partial charge in [0.15, 0.2) is 0 Å². The molecule has 1 aliphatic heterocycles. The van der Waals surface area contributed by atoms with Crippen molar-refractivity contribution in [2.24, 2.45) is 5.92 Å². The number of piperazine rings is 1.